The summed E-state index contributed by atoms with van der Waals surface area (Å²) in [7, 11) is 3.76. The topological polar surface area (TPSA) is 69.6 Å². The van der Waals surface area contributed by atoms with Crippen LogP contribution < -0.4 is 5.32 Å². The molecule has 1 aromatic carbocycles. The number of carbonyl (C=O) groups excluding carboxylic acids is 1. The summed E-state index contributed by atoms with van der Waals surface area (Å²) in [6.07, 6.45) is -0.441. The molecule has 0 saturated carbocycles. The molecule has 2 N–H and O–H groups in total. The van der Waals surface area contributed by atoms with Crippen molar-refractivity contribution in [3.63, 3.8) is 0 Å². The number of benzene rings is 1. The fourth-order valence-corrected chi connectivity index (χ4v) is 1.75. The van der Waals surface area contributed by atoms with Gasteiger partial charge in [0.2, 0.25) is 0 Å². The maximum absolute atomic E-state index is 12.0. The van der Waals surface area contributed by atoms with Crippen LogP contribution in [0.3, 0.4) is 0 Å². The molecule has 0 saturated heterocycles. The largest absolute Gasteiger partial charge is 0.465 e. The van der Waals surface area contributed by atoms with Crippen LogP contribution in [0.5, 0.6) is 0 Å². The molecule has 0 aliphatic carbocycles. The smallest absolute Gasteiger partial charge is 0.405 e. The maximum atomic E-state index is 12.0. The normalized spacial score (nSPS) is 12.2. The Morgan fingerprint density at radius 3 is 2.42 bits per heavy atom. The van der Waals surface area contributed by atoms with E-state index in [2.05, 4.69) is 5.32 Å². The third-order valence-electron chi connectivity index (χ3n) is 2.77. The fourth-order valence-electron chi connectivity index (χ4n) is 1.75. The minimum Gasteiger partial charge on any atom is -0.465 e. The Hall–Kier alpha value is -1.88. The van der Waals surface area contributed by atoms with Crippen molar-refractivity contribution in [1.82, 2.24) is 10.2 Å². The standard InChI is InChI=1S/C14H20N2O3/c1-16(2)9-8-13(17)12(15-14(18)19)10-11-6-4-3-5-7-11/h3-7,12,15H,8-10H2,1-2H3,(H,18,19)/t12-/m0/s1. The van der Waals surface area contributed by atoms with Crippen molar-refractivity contribution >= 4 is 11.9 Å². The molecule has 0 unspecified atom stereocenters. The summed E-state index contributed by atoms with van der Waals surface area (Å²) in [6.45, 7) is 0.616. The van der Waals surface area contributed by atoms with E-state index in [0.29, 0.717) is 19.4 Å². The van der Waals surface area contributed by atoms with Crippen molar-refractivity contribution in [3.8, 4) is 0 Å². The minimum absolute atomic E-state index is 0.0834. The molecule has 1 aromatic rings. The van der Waals surface area contributed by atoms with Crippen LogP contribution in [-0.2, 0) is 11.2 Å². The van der Waals surface area contributed by atoms with Crippen molar-refractivity contribution in [2.75, 3.05) is 20.6 Å². The Kier molecular flexibility index (Phi) is 6.02. The van der Waals surface area contributed by atoms with Gasteiger partial charge in [-0.05, 0) is 26.1 Å². The molecule has 0 spiro atoms. The van der Waals surface area contributed by atoms with E-state index in [9.17, 15) is 9.59 Å². The Morgan fingerprint density at radius 1 is 1.26 bits per heavy atom. The zero-order chi connectivity index (χ0) is 14.3. The second-order valence-corrected chi connectivity index (χ2v) is 4.71. The Morgan fingerprint density at radius 2 is 1.89 bits per heavy atom. The SMILES string of the molecule is CN(C)CCC(=O)[C@H](Cc1ccccc1)NC(=O)O. The highest BCUT2D eigenvalue weighted by Gasteiger charge is 2.20. The van der Waals surface area contributed by atoms with Crippen LogP contribution in [-0.4, -0.2) is 48.6 Å². The van der Waals surface area contributed by atoms with Crippen LogP contribution in [0.1, 0.15) is 12.0 Å². The highest BCUT2D eigenvalue weighted by Crippen LogP contribution is 2.06. The van der Waals surface area contributed by atoms with Crippen molar-refractivity contribution in [3.05, 3.63) is 35.9 Å². The van der Waals surface area contributed by atoms with Gasteiger partial charge in [-0.25, -0.2) is 4.79 Å². The van der Waals surface area contributed by atoms with Gasteiger partial charge in [0.15, 0.2) is 5.78 Å². The molecule has 0 aliphatic heterocycles. The highest BCUT2D eigenvalue weighted by atomic mass is 16.4. The number of carbonyl (C=O) groups is 2. The summed E-state index contributed by atoms with van der Waals surface area (Å²) in [5.74, 6) is -0.0834. The Labute approximate surface area is 113 Å². The summed E-state index contributed by atoms with van der Waals surface area (Å²) >= 11 is 0. The van der Waals surface area contributed by atoms with E-state index in [1.807, 2.05) is 49.3 Å². The van der Waals surface area contributed by atoms with Crippen molar-refractivity contribution in [2.24, 2.45) is 0 Å². The molecule has 104 valence electrons. The predicted octanol–water partition coefficient (Wildman–Crippen LogP) is 1.39. The van der Waals surface area contributed by atoms with Crippen molar-refractivity contribution < 1.29 is 14.7 Å². The van der Waals surface area contributed by atoms with Crippen LogP contribution in [0.15, 0.2) is 30.3 Å². The number of Topliss-reactive ketones (excluding diaryl/α,β-unsaturated/α-hetero) is 1. The summed E-state index contributed by atoms with van der Waals surface area (Å²) < 4.78 is 0. The first-order valence-electron chi connectivity index (χ1n) is 6.20. The summed E-state index contributed by atoms with van der Waals surface area (Å²) in [5, 5.41) is 11.1. The first kappa shape index (κ1) is 15.2. The quantitative estimate of drug-likeness (QED) is 0.780. The number of hydrogen-bond acceptors (Lipinski definition) is 3. The highest BCUT2D eigenvalue weighted by molar-refractivity contribution is 5.87. The average Bonchev–Trinajstić information content (AvgIpc) is 2.36. The van der Waals surface area contributed by atoms with E-state index in [4.69, 9.17) is 5.11 Å². The molecule has 19 heavy (non-hydrogen) atoms. The van der Waals surface area contributed by atoms with E-state index in [-0.39, 0.29) is 5.78 Å². The zero-order valence-electron chi connectivity index (χ0n) is 11.3. The number of rotatable bonds is 7. The lowest BCUT2D eigenvalue weighted by Gasteiger charge is -2.17. The number of nitrogens with one attached hydrogen (secondary N) is 1. The fraction of sp³-hybridized carbons (Fsp3) is 0.429. The zero-order valence-corrected chi connectivity index (χ0v) is 11.3. The Bertz CT molecular complexity index is 418. The monoisotopic (exact) mass is 264 g/mol. The summed E-state index contributed by atoms with van der Waals surface area (Å²) in [5.41, 5.74) is 0.944. The lowest BCUT2D eigenvalue weighted by molar-refractivity contribution is -0.121. The lowest BCUT2D eigenvalue weighted by atomic mass is 10.0. The predicted molar refractivity (Wildman–Crippen MR) is 73.3 cm³/mol. The maximum Gasteiger partial charge on any atom is 0.405 e. The molecule has 0 radical (unpaired) electrons. The number of nitrogens with zero attached hydrogens (tertiary/aromatic N) is 1. The van der Waals surface area contributed by atoms with E-state index in [1.54, 1.807) is 0 Å². The van der Waals surface area contributed by atoms with Crippen LogP contribution in [0.4, 0.5) is 4.79 Å². The van der Waals surface area contributed by atoms with Gasteiger partial charge in [-0.3, -0.25) is 4.79 Å². The van der Waals surface area contributed by atoms with Gasteiger partial charge < -0.3 is 15.3 Å². The lowest BCUT2D eigenvalue weighted by Crippen LogP contribution is -2.42. The number of amides is 1. The molecule has 1 amide bonds. The molecule has 0 bridgehead atoms. The van der Waals surface area contributed by atoms with Gasteiger partial charge in [-0.15, -0.1) is 0 Å². The van der Waals surface area contributed by atoms with Gasteiger partial charge in [-0.2, -0.15) is 0 Å². The van der Waals surface area contributed by atoms with Crippen molar-refractivity contribution in [1.29, 1.82) is 0 Å². The minimum atomic E-state index is -1.17. The van der Waals surface area contributed by atoms with E-state index in [0.717, 1.165) is 5.56 Å². The Balaban J connectivity index is 2.66. The van der Waals surface area contributed by atoms with Gasteiger partial charge in [0.25, 0.3) is 0 Å². The molecular formula is C14H20N2O3. The van der Waals surface area contributed by atoms with Gasteiger partial charge in [-0.1, -0.05) is 30.3 Å². The summed E-state index contributed by atoms with van der Waals surface area (Å²) in [6, 6.07) is 8.72. The molecule has 0 fully saturated rings. The second-order valence-electron chi connectivity index (χ2n) is 4.71. The third kappa shape index (κ3) is 6.01. The van der Waals surface area contributed by atoms with Crippen LogP contribution >= 0.6 is 0 Å². The van der Waals surface area contributed by atoms with Gasteiger partial charge in [0, 0.05) is 13.0 Å². The van der Waals surface area contributed by atoms with Gasteiger partial charge in [0.1, 0.15) is 0 Å². The van der Waals surface area contributed by atoms with Gasteiger partial charge >= 0.3 is 6.09 Å². The van der Waals surface area contributed by atoms with E-state index >= 15 is 0 Å². The average molecular weight is 264 g/mol. The van der Waals surface area contributed by atoms with E-state index in [1.165, 1.54) is 0 Å². The first-order valence-corrected chi connectivity index (χ1v) is 6.20. The van der Waals surface area contributed by atoms with Crippen LogP contribution in [0.2, 0.25) is 0 Å². The number of ketones is 1. The van der Waals surface area contributed by atoms with Crippen LogP contribution in [0.25, 0.3) is 0 Å². The number of hydrogen-bond donors (Lipinski definition) is 2. The van der Waals surface area contributed by atoms with Crippen molar-refractivity contribution in [2.45, 2.75) is 18.9 Å². The van der Waals surface area contributed by atoms with Gasteiger partial charge in [0.05, 0.1) is 6.04 Å². The van der Waals surface area contributed by atoms with E-state index < -0.39 is 12.1 Å². The molecule has 5 heteroatoms. The molecule has 1 atom stereocenters. The van der Waals surface area contributed by atoms with Crippen LogP contribution in [0, 0.1) is 0 Å². The molecule has 0 aliphatic rings. The molecule has 5 nitrogen and oxygen atoms in total. The molecule has 0 aromatic heterocycles. The summed E-state index contributed by atoms with van der Waals surface area (Å²) in [4.78, 5) is 24.7. The molecule has 1 rings (SSSR count). The second kappa shape index (κ2) is 7.53. The number of carboxylic acid groups (broad SMARTS) is 1. The molecular weight excluding hydrogens is 244 g/mol. The first-order chi connectivity index (χ1) is 8.99. The third-order valence-corrected chi connectivity index (χ3v) is 2.77. The molecule has 0 heterocycles.